The summed E-state index contributed by atoms with van der Waals surface area (Å²) in [5, 5.41) is 0.0881. The summed E-state index contributed by atoms with van der Waals surface area (Å²) in [7, 11) is -0.127. The van der Waals surface area contributed by atoms with E-state index < -0.39 is 10.0 Å². The smallest absolute Gasteiger partial charge is 0.242 e. The molecule has 2 rings (SSSR count). The molecule has 0 spiro atoms. The molecule has 0 atom stereocenters. The molecular formula is C15H22Cl2N2O3S. The van der Waals surface area contributed by atoms with Crippen LogP contribution in [0.4, 0.5) is 0 Å². The van der Waals surface area contributed by atoms with Crippen LogP contribution in [0.3, 0.4) is 0 Å². The van der Waals surface area contributed by atoms with Crippen LogP contribution in [0.1, 0.15) is 19.3 Å². The van der Waals surface area contributed by atoms with Crippen molar-refractivity contribution in [1.82, 2.24) is 9.62 Å². The van der Waals surface area contributed by atoms with Crippen molar-refractivity contribution in [3.05, 3.63) is 22.2 Å². The van der Waals surface area contributed by atoms with E-state index in [9.17, 15) is 8.42 Å². The van der Waals surface area contributed by atoms with Gasteiger partial charge in [-0.25, -0.2) is 13.1 Å². The Morgan fingerprint density at radius 2 is 1.91 bits per heavy atom. The Labute approximate surface area is 148 Å². The second-order valence-corrected chi connectivity index (χ2v) is 8.32. The SMILES string of the molecule is COc1ccc(S(=O)(=O)NCCC2CCN(C)CC2)c(Cl)c1Cl. The summed E-state index contributed by atoms with van der Waals surface area (Å²) >= 11 is 12.1. The van der Waals surface area contributed by atoms with Crippen molar-refractivity contribution < 1.29 is 13.2 Å². The number of rotatable bonds is 6. The Morgan fingerprint density at radius 3 is 2.52 bits per heavy atom. The van der Waals surface area contributed by atoms with Gasteiger partial charge in [-0.05, 0) is 57.5 Å². The van der Waals surface area contributed by atoms with Crippen molar-refractivity contribution >= 4 is 33.2 Å². The Balaban J connectivity index is 1.98. The fourth-order valence-corrected chi connectivity index (χ4v) is 4.59. The molecule has 0 bridgehead atoms. The first kappa shape index (κ1) is 18.8. The van der Waals surface area contributed by atoms with Crippen LogP contribution in [-0.2, 0) is 10.0 Å². The second-order valence-electron chi connectivity index (χ2n) is 5.83. The van der Waals surface area contributed by atoms with Crippen LogP contribution in [-0.4, -0.2) is 47.1 Å². The minimum Gasteiger partial charge on any atom is -0.495 e. The molecule has 1 fully saturated rings. The van der Waals surface area contributed by atoms with Gasteiger partial charge in [0, 0.05) is 6.54 Å². The molecule has 0 amide bonds. The van der Waals surface area contributed by atoms with E-state index in [4.69, 9.17) is 27.9 Å². The van der Waals surface area contributed by atoms with Crippen LogP contribution < -0.4 is 9.46 Å². The van der Waals surface area contributed by atoms with Crippen molar-refractivity contribution in [3.8, 4) is 5.75 Å². The third-order valence-corrected chi connectivity index (χ3v) is 6.68. The van der Waals surface area contributed by atoms with Crippen molar-refractivity contribution in [2.45, 2.75) is 24.2 Å². The molecule has 0 radical (unpaired) electrons. The van der Waals surface area contributed by atoms with Crippen molar-refractivity contribution in [1.29, 1.82) is 0 Å². The van der Waals surface area contributed by atoms with Crippen LogP contribution >= 0.6 is 23.2 Å². The highest BCUT2D eigenvalue weighted by molar-refractivity contribution is 7.89. The molecule has 0 aromatic heterocycles. The maximum absolute atomic E-state index is 12.4. The summed E-state index contributed by atoms with van der Waals surface area (Å²) in [5.41, 5.74) is 0. The number of benzene rings is 1. The Hall–Kier alpha value is -0.530. The summed E-state index contributed by atoms with van der Waals surface area (Å²) in [4.78, 5) is 2.27. The van der Waals surface area contributed by atoms with Crippen LogP contribution in [0.2, 0.25) is 10.0 Å². The van der Waals surface area contributed by atoms with E-state index in [-0.39, 0.29) is 14.9 Å². The molecule has 23 heavy (non-hydrogen) atoms. The standard InChI is InChI=1S/C15H22Cl2N2O3S/c1-19-9-6-11(7-10-19)5-8-18-23(20,21)13-4-3-12(22-2)14(16)15(13)17/h3-4,11,18H,5-10H2,1-2H3. The molecule has 5 nitrogen and oxygen atoms in total. The Kier molecular flexibility index (Phi) is 6.57. The minimum atomic E-state index is -3.68. The largest absolute Gasteiger partial charge is 0.495 e. The van der Waals surface area contributed by atoms with E-state index in [0.717, 1.165) is 32.4 Å². The molecule has 0 unspecified atom stereocenters. The zero-order valence-electron chi connectivity index (χ0n) is 13.3. The van der Waals surface area contributed by atoms with Gasteiger partial charge in [-0.3, -0.25) is 0 Å². The zero-order chi connectivity index (χ0) is 17.0. The first-order chi connectivity index (χ1) is 10.8. The second kappa shape index (κ2) is 8.03. The lowest BCUT2D eigenvalue weighted by atomic mass is 9.94. The molecule has 1 aliphatic rings. The van der Waals surface area contributed by atoms with Gasteiger partial charge in [-0.1, -0.05) is 23.2 Å². The quantitative estimate of drug-likeness (QED) is 0.823. The van der Waals surface area contributed by atoms with E-state index in [1.165, 1.54) is 19.2 Å². The minimum absolute atomic E-state index is 0.0159. The third kappa shape index (κ3) is 4.73. The highest BCUT2D eigenvalue weighted by atomic mass is 35.5. The lowest BCUT2D eigenvalue weighted by molar-refractivity contribution is 0.213. The molecule has 130 valence electrons. The number of nitrogens with one attached hydrogen (secondary N) is 1. The van der Waals surface area contributed by atoms with Crippen molar-refractivity contribution in [2.75, 3.05) is 33.8 Å². The number of piperidine rings is 1. The summed E-state index contributed by atoms with van der Waals surface area (Å²) in [5.74, 6) is 0.908. The molecule has 0 aliphatic carbocycles. The van der Waals surface area contributed by atoms with Gasteiger partial charge in [-0.15, -0.1) is 0 Å². The van der Waals surface area contributed by atoms with Crippen LogP contribution in [0.5, 0.6) is 5.75 Å². The number of hydrogen-bond donors (Lipinski definition) is 1. The number of halogens is 2. The van der Waals surface area contributed by atoms with Gasteiger partial charge in [-0.2, -0.15) is 0 Å². The van der Waals surface area contributed by atoms with E-state index in [0.29, 0.717) is 18.2 Å². The molecule has 1 heterocycles. The summed E-state index contributed by atoms with van der Waals surface area (Å²) < 4.78 is 32.4. The fourth-order valence-electron chi connectivity index (χ4n) is 2.71. The first-order valence-electron chi connectivity index (χ1n) is 7.55. The Morgan fingerprint density at radius 1 is 1.26 bits per heavy atom. The number of likely N-dealkylation sites (tertiary alicyclic amines) is 1. The monoisotopic (exact) mass is 380 g/mol. The molecule has 1 saturated heterocycles. The Bertz CT molecular complexity index is 644. The highest BCUT2D eigenvalue weighted by Gasteiger charge is 2.22. The van der Waals surface area contributed by atoms with Crippen molar-refractivity contribution in [3.63, 3.8) is 0 Å². The van der Waals surface area contributed by atoms with Gasteiger partial charge in [0.25, 0.3) is 0 Å². The van der Waals surface area contributed by atoms with Crippen LogP contribution in [0, 0.1) is 5.92 Å². The van der Waals surface area contributed by atoms with E-state index in [1.807, 2.05) is 0 Å². The molecular weight excluding hydrogens is 359 g/mol. The van der Waals surface area contributed by atoms with Crippen LogP contribution in [0.25, 0.3) is 0 Å². The molecule has 8 heteroatoms. The zero-order valence-corrected chi connectivity index (χ0v) is 15.6. The topological polar surface area (TPSA) is 58.6 Å². The number of nitrogens with zero attached hydrogens (tertiary/aromatic N) is 1. The van der Waals surface area contributed by atoms with Gasteiger partial charge < -0.3 is 9.64 Å². The van der Waals surface area contributed by atoms with Gasteiger partial charge in [0.15, 0.2) is 0 Å². The third-order valence-electron chi connectivity index (χ3n) is 4.20. The van der Waals surface area contributed by atoms with Gasteiger partial charge >= 0.3 is 0 Å². The maximum atomic E-state index is 12.4. The lowest BCUT2D eigenvalue weighted by Gasteiger charge is -2.28. The van der Waals surface area contributed by atoms with Crippen molar-refractivity contribution in [2.24, 2.45) is 5.92 Å². The van der Waals surface area contributed by atoms with E-state index in [1.54, 1.807) is 0 Å². The van der Waals surface area contributed by atoms with E-state index >= 15 is 0 Å². The fraction of sp³-hybridized carbons (Fsp3) is 0.600. The maximum Gasteiger partial charge on any atom is 0.242 e. The highest BCUT2D eigenvalue weighted by Crippen LogP contribution is 2.36. The predicted molar refractivity (Wildman–Crippen MR) is 93.0 cm³/mol. The van der Waals surface area contributed by atoms with Gasteiger partial charge in [0.05, 0.1) is 12.1 Å². The lowest BCUT2D eigenvalue weighted by Crippen LogP contribution is -2.32. The molecule has 1 aliphatic heterocycles. The molecule has 1 aromatic carbocycles. The molecule has 1 N–H and O–H groups in total. The molecule has 1 aromatic rings. The van der Waals surface area contributed by atoms with Gasteiger partial charge in [0.2, 0.25) is 10.0 Å². The molecule has 0 saturated carbocycles. The predicted octanol–water partition coefficient (Wildman–Crippen LogP) is 3.01. The van der Waals surface area contributed by atoms with Gasteiger partial charge in [0.1, 0.15) is 15.7 Å². The number of hydrogen-bond acceptors (Lipinski definition) is 4. The summed E-state index contributed by atoms with van der Waals surface area (Å²) in [6, 6.07) is 2.91. The number of ether oxygens (including phenoxy) is 1. The average Bonchev–Trinajstić information content (AvgIpc) is 2.51. The average molecular weight is 381 g/mol. The number of methoxy groups -OCH3 is 1. The normalized spacial score (nSPS) is 17.4. The summed E-state index contributed by atoms with van der Waals surface area (Å²) in [6.07, 6.45) is 3.04. The first-order valence-corrected chi connectivity index (χ1v) is 9.79. The number of sulfonamides is 1. The van der Waals surface area contributed by atoms with Crippen LogP contribution in [0.15, 0.2) is 17.0 Å². The van der Waals surface area contributed by atoms with E-state index in [2.05, 4.69) is 16.7 Å². The summed E-state index contributed by atoms with van der Waals surface area (Å²) in [6.45, 7) is 2.53.